The lowest BCUT2D eigenvalue weighted by molar-refractivity contribution is -0.146. The molecule has 0 radical (unpaired) electrons. The van der Waals surface area contributed by atoms with E-state index in [2.05, 4.69) is 14.7 Å². The molecule has 0 aliphatic heterocycles. The maximum Gasteiger partial charge on any atom is 0.455 e. The number of carbonyl (C=O) groups is 1. The van der Waals surface area contributed by atoms with Gasteiger partial charge < -0.3 is 10.3 Å². The Hall–Kier alpha value is -1.64. The van der Waals surface area contributed by atoms with Gasteiger partial charge in [0, 0.05) is 12.5 Å². The van der Waals surface area contributed by atoms with Crippen molar-refractivity contribution in [3.63, 3.8) is 0 Å². The number of aromatic nitrogens is 2. The van der Waals surface area contributed by atoms with Crippen LogP contribution in [0.4, 0.5) is 13.2 Å². The highest BCUT2D eigenvalue weighted by molar-refractivity contribution is 5.74. The molecule has 0 aliphatic carbocycles. The number of nitrogens with zero attached hydrogens (tertiary/aromatic N) is 3. The first-order valence-corrected chi connectivity index (χ1v) is 5.08. The van der Waals surface area contributed by atoms with Crippen molar-refractivity contribution in [3.8, 4) is 0 Å². The lowest BCUT2D eigenvalue weighted by Gasteiger charge is -2.21. The minimum Gasteiger partial charge on any atom is -0.370 e. The molecule has 102 valence electrons. The third-order valence-electron chi connectivity index (χ3n) is 2.36. The van der Waals surface area contributed by atoms with Gasteiger partial charge in [-0.05, 0) is 14.0 Å². The third kappa shape index (κ3) is 3.99. The molecule has 0 saturated heterocycles. The van der Waals surface area contributed by atoms with Crippen LogP contribution >= 0.6 is 0 Å². The van der Waals surface area contributed by atoms with Crippen LogP contribution in [0.15, 0.2) is 4.52 Å². The summed E-state index contributed by atoms with van der Waals surface area (Å²) in [4.78, 5) is 15.5. The molecule has 6 nitrogen and oxygen atoms in total. The van der Waals surface area contributed by atoms with Crippen LogP contribution in [0.1, 0.15) is 25.1 Å². The van der Waals surface area contributed by atoms with Gasteiger partial charge in [-0.25, -0.2) is 0 Å². The smallest absolute Gasteiger partial charge is 0.370 e. The Labute approximate surface area is 101 Å². The van der Waals surface area contributed by atoms with Crippen LogP contribution in [0.3, 0.4) is 0 Å². The van der Waals surface area contributed by atoms with Crippen LogP contribution in [-0.4, -0.2) is 34.0 Å². The largest absolute Gasteiger partial charge is 0.455 e. The molecule has 0 aromatic carbocycles. The standard InChI is InChI=1S/C9H13F3N4O2/c1-5(3-6(13)17)16(2)4-7-14-8(15-18-7)9(10,11)12/h5H,3-4H2,1-2H3,(H2,13,17). The number of halogens is 3. The monoisotopic (exact) mass is 266 g/mol. The highest BCUT2D eigenvalue weighted by Gasteiger charge is 2.37. The lowest BCUT2D eigenvalue weighted by atomic mass is 10.2. The Morgan fingerprint density at radius 2 is 2.17 bits per heavy atom. The molecule has 18 heavy (non-hydrogen) atoms. The fraction of sp³-hybridized carbons (Fsp3) is 0.667. The van der Waals surface area contributed by atoms with E-state index in [1.165, 1.54) is 0 Å². The normalized spacial score (nSPS) is 13.9. The van der Waals surface area contributed by atoms with Crippen molar-refractivity contribution in [1.29, 1.82) is 0 Å². The number of nitrogens with two attached hydrogens (primary N) is 1. The molecule has 0 spiro atoms. The number of alkyl halides is 3. The summed E-state index contributed by atoms with van der Waals surface area (Å²) in [6.07, 6.45) is -4.53. The first-order chi connectivity index (χ1) is 8.20. The molecule has 9 heteroatoms. The van der Waals surface area contributed by atoms with Crippen molar-refractivity contribution in [1.82, 2.24) is 15.0 Å². The summed E-state index contributed by atoms with van der Waals surface area (Å²) in [5.41, 5.74) is 5.02. The minimum absolute atomic E-state index is 0.0114. The number of primary amides is 1. The molecule has 1 atom stereocenters. The van der Waals surface area contributed by atoms with Gasteiger partial charge in [-0.3, -0.25) is 9.69 Å². The van der Waals surface area contributed by atoms with Crippen molar-refractivity contribution < 1.29 is 22.5 Å². The van der Waals surface area contributed by atoms with E-state index < -0.39 is 17.9 Å². The molecule has 0 bridgehead atoms. The van der Waals surface area contributed by atoms with Crippen molar-refractivity contribution in [2.24, 2.45) is 5.73 Å². The average molecular weight is 266 g/mol. The second kappa shape index (κ2) is 5.34. The highest BCUT2D eigenvalue weighted by atomic mass is 19.4. The van der Waals surface area contributed by atoms with Gasteiger partial charge in [0.05, 0.1) is 6.54 Å². The summed E-state index contributed by atoms with van der Waals surface area (Å²) in [7, 11) is 1.62. The summed E-state index contributed by atoms with van der Waals surface area (Å²) in [5, 5.41) is 2.83. The fourth-order valence-corrected chi connectivity index (χ4v) is 1.25. The van der Waals surface area contributed by atoms with E-state index in [4.69, 9.17) is 5.73 Å². The molecule has 0 saturated carbocycles. The van der Waals surface area contributed by atoms with E-state index in [1.807, 2.05) is 0 Å². The SMILES string of the molecule is CC(CC(N)=O)N(C)Cc1nc(C(F)(F)F)no1. The summed E-state index contributed by atoms with van der Waals surface area (Å²) in [5.74, 6) is -1.97. The average Bonchev–Trinajstić information content (AvgIpc) is 2.64. The zero-order valence-electron chi connectivity index (χ0n) is 9.86. The van der Waals surface area contributed by atoms with E-state index in [1.54, 1.807) is 18.9 Å². The second-order valence-corrected chi connectivity index (χ2v) is 3.94. The number of amides is 1. The van der Waals surface area contributed by atoms with Crippen molar-refractivity contribution in [2.45, 2.75) is 32.1 Å². The Bertz CT molecular complexity index is 418. The van der Waals surface area contributed by atoms with E-state index in [-0.39, 0.29) is 24.9 Å². The molecule has 1 heterocycles. The molecule has 1 rings (SSSR count). The summed E-state index contributed by atoms with van der Waals surface area (Å²) >= 11 is 0. The van der Waals surface area contributed by atoms with E-state index in [9.17, 15) is 18.0 Å². The maximum atomic E-state index is 12.2. The van der Waals surface area contributed by atoms with Crippen molar-refractivity contribution >= 4 is 5.91 Å². The first-order valence-electron chi connectivity index (χ1n) is 5.08. The zero-order valence-corrected chi connectivity index (χ0v) is 9.86. The van der Waals surface area contributed by atoms with Gasteiger partial charge in [-0.2, -0.15) is 18.2 Å². The molecule has 1 unspecified atom stereocenters. The van der Waals surface area contributed by atoms with Gasteiger partial charge in [0.25, 0.3) is 5.82 Å². The Morgan fingerprint density at radius 1 is 1.56 bits per heavy atom. The number of carbonyl (C=O) groups excluding carboxylic acids is 1. The molecule has 1 aromatic heterocycles. The molecular formula is C9H13F3N4O2. The minimum atomic E-state index is -4.63. The van der Waals surface area contributed by atoms with Crippen molar-refractivity contribution in [2.75, 3.05) is 7.05 Å². The predicted molar refractivity (Wildman–Crippen MR) is 54.0 cm³/mol. The van der Waals surface area contributed by atoms with Crippen LogP contribution in [0.2, 0.25) is 0 Å². The number of rotatable bonds is 5. The molecule has 0 aliphatic rings. The Kier molecular flexibility index (Phi) is 4.28. The molecular weight excluding hydrogens is 253 g/mol. The predicted octanol–water partition coefficient (Wildman–Crippen LogP) is 0.784. The lowest BCUT2D eigenvalue weighted by Crippen LogP contribution is -2.32. The van der Waals surface area contributed by atoms with Gasteiger partial charge in [0.15, 0.2) is 0 Å². The first kappa shape index (κ1) is 14.4. The molecule has 1 aromatic rings. The fourth-order valence-electron chi connectivity index (χ4n) is 1.25. The van der Waals surface area contributed by atoms with Gasteiger partial charge in [-0.1, -0.05) is 5.16 Å². The van der Waals surface area contributed by atoms with Gasteiger partial charge in [0.2, 0.25) is 11.8 Å². The molecule has 0 fully saturated rings. The molecule has 2 N–H and O–H groups in total. The highest BCUT2D eigenvalue weighted by Crippen LogP contribution is 2.26. The summed E-state index contributed by atoms with van der Waals surface area (Å²) < 4.78 is 41.1. The molecule has 1 amide bonds. The van der Waals surface area contributed by atoms with Crippen LogP contribution in [0, 0.1) is 0 Å². The van der Waals surface area contributed by atoms with Crippen LogP contribution < -0.4 is 5.73 Å². The quantitative estimate of drug-likeness (QED) is 0.851. The Morgan fingerprint density at radius 3 is 2.61 bits per heavy atom. The van der Waals surface area contributed by atoms with Crippen LogP contribution in [0.25, 0.3) is 0 Å². The van der Waals surface area contributed by atoms with Crippen LogP contribution in [-0.2, 0) is 17.5 Å². The Balaban J connectivity index is 2.62. The van der Waals surface area contributed by atoms with Gasteiger partial charge >= 0.3 is 6.18 Å². The van der Waals surface area contributed by atoms with E-state index in [0.29, 0.717) is 0 Å². The van der Waals surface area contributed by atoms with Gasteiger partial charge in [-0.15, -0.1) is 0 Å². The summed E-state index contributed by atoms with van der Waals surface area (Å²) in [6, 6.07) is -0.233. The number of hydrogen-bond acceptors (Lipinski definition) is 5. The van der Waals surface area contributed by atoms with Crippen LogP contribution in [0.5, 0.6) is 0 Å². The zero-order chi connectivity index (χ0) is 13.9. The van der Waals surface area contributed by atoms with Crippen molar-refractivity contribution in [3.05, 3.63) is 11.7 Å². The van der Waals surface area contributed by atoms with E-state index >= 15 is 0 Å². The third-order valence-corrected chi connectivity index (χ3v) is 2.36. The number of hydrogen-bond donors (Lipinski definition) is 1. The second-order valence-electron chi connectivity index (χ2n) is 3.94. The van der Waals surface area contributed by atoms with Gasteiger partial charge in [0.1, 0.15) is 0 Å². The maximum absolute atomic E-state index is 12.2. The topological polar surface area (TPSA) is 85.3 Å². The summed E-state index contributed by atoms with van der Waals surface area (Å²) in [6.45, 7) is 1.73. The van der Waals surface area contributed by atoms with E-state index in [0.717, 1.165) is 0 Å².